The lowest BCUT2D eigenvalue weighted by atomic mass is 9.83. The molecule has 5 heteroatoms. The fraction of sp³-hybridized carbons (Fsp3) is 0.280. The van der Waals surface area contributed by atoms with Crippen LogP contribution in [-0.2, 0) is 28.8 Å². The molecule has 1 atom stereocenters. The number of rotatable bonds is 6. The monoisotopic (exact) mass is 419 g/mol. The maximum Gasteiger partial charge on any atom is 0.341 e. The van der Waals surface area contributed by atoms with E-state index in [9.17, 15) is 9.59 Å². The van der Waals surface area contributed by atoms with Crippen LogP contribution in [0.5, 0.6) is 0 Å². The van der Waals surface area contributed by atoms with E-state index in [2.05, 4.69) is 29.6 Å². The van der Waals surface area contributed by atoms with E-state index >= 15 is 0 Å². The smallest absolute Gasteiger partial charge is 0.341 e. The average Bonchev–Trinajstić information content (AvgIpc) is 3.12. The van der Waals surface area contributed by atoms with Crippen molar-refractivity contribution in [1.82, 2.24) is 0 Å². The lowest BCUT2D eigenvalue weighted by Gasteiger charge is -2.23. The highest BCUT2D eigenvalue weighted by atomic mass is 32.1. The van der Waals surface area contributed by atoms with E-state index in [0.717, 1.165) is 30.4 Å². The summed E-state index contributed by atoms with van der Waals surface area (Å²) in [6, 6.07) is 20.1. The first kappa shape index (κ1) is 20.4. The van der Waals surface area contributed by atoms with Crippen molar-refractivity contribution in [3.05, 3.63) is 87.8 Å². The molecular weight excluding hydrogens is 394 g/mol. The minimum absolute atomic E-state index is 0.120. The standard InChI is InChI=1S/C25H25NO3S/c1-2-29-25(28)23-20-14-13-19(18-11-7-4-8-12-18)16-21(20)30-24(23)26-22(27)15-17-9-5-3-6-10-17/h3-12,19H,2,13-16H2,1H3,(H,26,27)/t19-/m0/s1. The lowest BCUT2D eigenvalue weighted by molar-refractivity contribution is -0.115. The van der Waals surface area contributed by atoms with Gasteiger partial charge in [0.05, 0.1) is 18.6 Å². The largest absolute Gasteiger partial charge is 0.462 e. The molecule has 0 saturated heterocycles. The third-order valence-electron chi connectivity index (χ3n) is 5.48. The number of hydrogen-bond donors (Lipinski definition) is 1. The molecule has 0 fully saturated rings. The number of nitrogens with one attached hydrogen (secondary N) is 1. The first-order valence-electron chi connectivity index (χ1n) is 10.4. The third kappa shape index (κ3) is 4.46. The Hall–Kier alpha value is -2.92. The van der Waals surface area contributed by atoms with Gasteiger partial charge in [0.15, 0.2) is 0 Å². The van der Waals surface area contributed by atoms with Crippen LogP contribution < -0.4 is 5.32 Å². The number of hydrogen-bond acceptors (Lipinski definition) is 4. The predicted octanol–water partition coefficient (Wildman–Crippen LogP) is 5.38. The first-order valence-corrected chi connectivity index (χ1v) is 11.2. The SMILES string of the molecule is CCOC(=O)c1c(NC(=O)Cc2ccccc2)sc2c1CC[C@H](c1ccccc1)C2. The molecule has 2 aromatic carbocycles. The van der Waals surface area contributed by atoms with Gasteiger partial charge >= 0.3 is 5.97 Å². The summed E-state index contributed by atoms with van der Waals surface area (Å²) in [6.45, 7) is 2.11. The van der Waals surface area contributed by atoms with E-state index < -0.39 is 0 Å². The number of carbonyl (C=O) groups is 2. The molecule has 4 nitrogen and oxygen atoms in total. The zero-order chi connectivity index (χ0) is 20.9. The predicted molar refractivity (Wildman–Crippen MR) is 120 cm³/mol. The molecule has 4 rings (SSSR count). The van der Waals surface area contributed by atoms with Crippen LogP contribution in [0, 0.1) is 0 Å². The zero-order valence-electron chi connectivity index (χ0n) is 17.0. The van der Waals surface area contributed by atoms with Crippen LogP contribution in [-0.4, -0.2) is 18.5 Å². The summed E-state index contributed by atoms with van der Waals surface area (Å²) < 4.78 is 5.32. The van der Waals surface area contributed by atoms with E-state index in [1.54, 1.807) is 6.92 Å². The van der Waals surface area contributed by atoms with E-state index in [0.29, 0.717) is 23.1 Å². The van der Waals surface area contributed by atoms with Crippen molar-refractivity contribution < 1.29 is 14.3 Å². The summed E-state index contributed by atoms with van der Waals surface area (Å²) >= 11 is 1.52. The van der Waals surface area contributed by atoms with Crippen molar-refractivity contribution >= 4 is 28.2 Å². The van der Waals surface area contributed by atoms with Crippen molar-refractivity contribution in [3.8, 4) is 0 Å². The van der Waals surface area contributed by atoms with Crippen LogP contribution in [0.15, 0.2) is 60.7 Å². The van der Waals surface area contributed by atoms with E-state index in [1.807, 2.05) is 36.4 Å². The number of benzene rings is 2. The van der Waals surface area contributed by atoms with Crippen molar-refractivity contribution in [2.75, 3.05) is 11.9 Å². The molecule has 0 aliphatic heterocycles. The van der Waals surface area contributed by atoms with Crippen molar-refractivity contribution in [3.63, 3.8) is 0 Å². The van der Waals surface area contributed by atoms with Gasteiger partial charge in [-0.15, -0.1) is 11.3 Å². The summed E-state index contributed by atoms with van der Waals surface area (Å²) in [4.78, 5) is 26.6. The van der Waals surface area contributed by atoms with Gasteiger partial charge in [0.2, 0.25) is 5.91 Å². The topological polar surface area (TPSA) is 55.4 Å². The second-order valence-corrected chi connectivity index (χ2v) is 8.59. The average molecular weight is 420 g/mol. The number of ether oxygens (including phenoxy) is 1. The Morgan fingerprint density at radius 3 is 2.47 bits per heavy atom. The maximum absolute atomic E-state index is 12.7. The number of carbonyl (C=O) groups excluding carboxylic acids is 2. The second kappa shape index (κ2) is 9.26. The lowest BCUT2D eigenvalue weighted by Crippen LogP contribution is -2.18. The molecule has 3 aromatic rings. The van der Waals surface area contributed by atoms with Gasteiger partial charge in [0, 0.05) is 4.88 Å². The third-order valence-corrected chi connectivity index (χ3v) is 6.65. The summed E-state index contributed by atoms with van der Waals surface area (Å²) in [6.07, 6.45) is 2.95. The van der Waals surface area contributed by atoms with Gasteiger partial charge in [-0.3, -0.25) is 4.79 Å². The first-order chi connectivity index (χ1) is 14.7. The minimum atomic E-state index is -0.344. The highest BCUT2D eigenvalue weighted by Crippen LogP contribution is 2.42. The number of fused-ring (bicyclic) bond motifs is 1. The van der Waals surface area contributed by atoms with E-state index in [-0.39, 0.29) is 18.3 Å². The molecular formula is C25H25NO3S. The number of amides is 1. The molecule has 0 bridgehead atoms. The summed E-state index contributed by atoms with van der Waals surface area (Å²) in [7, 11) is 0. The van der Waals surface area contributed by atoms with Crippen LogP contribution in [0.2, 0.25) is 0 Å². The van der Waals surface area contributed by atoms with Gasteiger partial charge in [0.1, 0.15) is 5.00 Å². The van der Waals surface area contributed by atoms with Gasteiger partial charge in [-0.25, -0.2) is 4.79 Å². The molecule has 30 heavy (non-hydrogen) atoms. The van der Waals surface area contributed by atoms with E-state index in [1.165, 1.54) is 21.8 Å². The fourth-order valence-corrected chi connectivity index (χ4v) is 5.39. The Kier molecular flexibility index (Phi) is 6.29. The highest BCUT2D eigenvalue weighted by molar-refractivity contribution is 7.17. The van der Waals surface area contributed by atoms with Gasteiger partial charge < -0.3 is 10.1 Å². The normalized spacial score (nSPS) is 15.3. The summed E-state index contributed by atoms with van der Waals surface area (Å²) in [5.41, 5.74) is 3.85. The fourth-order valence-electron chi connectivity index (χ4n) is 4.05. The van der Waals surface area contributed by atoms with Crippen LogP contribution in [0.3, 0.4) is 0 Å². The molecule has 1 aliphatic rings. The van der Waals surface area contributed by atoms with Crippen LogP contribution in [0.4, 0.5) is 5.00 Å². The molecule has 0 radical (unpaired) electrons. The molecule has 1 heterocycles. The molecule has 1 aliphatic carbocycles. The quantitative estimate of drug-likeness (QED) is 0.546. The molecule has 1 aromatic heterocycles. The maximum atomic E-state index is 12.7. The highest BCUT2D eigenvalue weighted by Gasteiger charge is 2.30. The van der Waals surface area contributed by atoms with Crippen molar-refractivity contribution in [1.29, 1.82) is 0 Å². The van der Waals surface area contributed by atoms with Gasteiger partial charge in [0.25, 0.3) is 0 Å². The van der Waals surface area contributed by atoms with Crippen molar-refractivity contribution in [2.45, 2.75) is 38.5 Å². The molecule has 0 unspecified atom stereocenters. The summed E-state index contributed by atoms with van der Waals surface area (Å²) in [5, 5.41) is 3.61. The van der Waals surface area contributed by atoms with Crippen LogP contribution >= 0.6 is 11.3 Å². The number of esters is 1. The van der Waals surface area contributed by atoms with E-state index in [4.69, 9.17) is 4.74 Å². The molecule has 154 valence electrons. The Labute approximate surface area is 180 Å². The Morgan fingerprint density at radius 2 is 1.77 bits per heavy atom. The van der Waals surface area contributed by atoms with Gasteiger partial charge in [-0.05, 0) is 48.8 Å². The Morgan fingerprint density at radius 1 is 1.07 bits per heavy atom. The number of thiophene rings is 1. The molecule has 0 spiro atoms. The number of anilines is 1. The van der Waals surface area contributed by atoms with Crippen LogP contribution in [0.1, 0.15) is 51.2 Å². The van der Waals surface area contributed by atoms with Gasteiger partial charge in [-0.1, -0.05) is 60.7 Å². The second-order valence-electron chi connectivity index (χ2n) is 7.49. The van der Waals surface area contributed by atoms with Crippen LogP contribution in [0.25, 0.3) is 0 Å². The summed E-state index contributed by atoms with van der Waals surface area (Å²) in [5.74, 6) is -0.0339. The Balaban J connectivity index is 1.59. The minimum Gasteiger partial charge on any atom is -0.462 e. The van der Waals surface area contributed by atoms with Crippen molar-refractivity contribution in [2.24, 2.45) is 0 Å². The molecule has 1 N–H and O–H groups in total. The molecule has 0 saturated carbocycles. The molecule has 1 amide bonds. The Bertz CT molecular complexity index is 1030. The zero-order valence-corrected chi connectivity index (χ0v) is 17.8. The van der Waals surface area contributed by atoms with Gasteiger partial charge in [-0.2, -0.15) is 0 Å².